The van der Waals surface area contributed by atoms with Gasteiger partial charge in [-0.1, -0.05) is 0 Å². The molecule has 0 aliphatic heterocycles. The van der Waals surface area contributed by atoms with Gasteiger partial charge >= 0.3 is 0 Å². The quantitative estimate of drug-likeness (QED) is 0.779. The lowest BCUT2D eigenvalue weighted by molar-refractivity contribution is 0.483. The Morgan fingerprint density at radius 3 is 2.56 bits per heavy atom. The molecule has 0 aliphatic carbocycles. The van der Waals surface area contributed by atoms with E-state index < -0.39 is 10.1 Å². The highest BCUT2D eigenvalue weighted by atomic mass is 79.9. The Labute approximate surface area is 111 Å². The Balaban J connectivity index is 0.00000128. The Morgan fingerprint density at radius 1 is 1.25 bits per heavy atom. The van der Waals surface area contributed by atoms with Gasteiger partial charge in [0, 0.05) is 0 Å². The lowest BCUT2D eigenvalue weighted by Gasteiger charge is -1.99. The van der Waals surface area contributed by atoms with Crippen molar-refractivity contribution in [3.8, 4) is 0 Å². The molecule has 0 amide bonds. The van der Waals surface area contributed by atoms with Crippen LogP contribution in [0.1, 0.15) is 0 Å². The van der Waals surface area contributed by atoms with Crippen LogP contribution in [-0.4, -0.2) is 22.9 Å². The van der Waals surface area contributed by atoms with Crippen molar-refractivity contribution in [2.24, 2.45) is 0 Å². The van der Waals surface area contributed by atoms with Gasteiger partial charge in [0.25, 0.3) is 10.1 Å². The molecule has 1 aromatic carbocycles. The number of rotatable bonds is 1. The second kappa shape index (κ2) is 4.74. The van der Waals surface area contributed by atoms with Gasteiger partial charge in [-0.05, 0) is 34.1 Å². The highest BCUT2D eigenvalue weighted by molar-refractivity contribution is 9.10. The zero-order chi connectivity index (χ0) is 11.1. The minimum absolute atomic E-state index is 0. The van der Waals surface area contributed by atoms with Crippen molar-refractivity contribution < 1.29 is 13.0 Å². The van der Waals surface area contributed by atoms with E-state index in [-0.39, 0.29) is 21.9 Å². The maximum atomic E-state index is 10.9. The molecular formula is C8H6Br2N2O3S. The van der Waals surface area contributed by atoms with Crippen LogP contribution in [0.3, 0.4) is 0 Å². The van der Waals surface area contributed by atoms with Gasteiger partial charge in [0.2, 0.25) is 0 Å². The van der Waals surface area contributed by atoms with E-state index in [2.05, 4.69) is 25.9 Å². The minimum atomic E-state index is -4.19. The van der Waals surface area contributed by atoms with E-state index in [4.69, 9.17) is 4.55 Å². The van der Waals surface area contributed by atoms with Gasteiger partial charge in [-0.25, -0.2) is 4.98 Å². The van der Waals surface area contributed by atoms with E-state index in [0.717, 1.165) is 0 Å². The van der Waals surface area contributed by atoms with Crippen LogP contribution < -0.4 is 0 Å². The number of aromatic nitrogens is 2. The number of halogens is 2. The fraction of sp³-hybridized carbons (Fsp3) is 0. The summed E-state index contributed by atoms with van der Waals surface area (Å²) in [5, 5.41) is 0. The molecule has 0 unspecified atom stereocenters. The largest absolute Gasteiger partial charge is 0.294 e. The lowest BCUT2D eigenvalue weighted by Crippen LogP contribution is -1.98. The predicted molar refractivity (Wildman–Crippen MR) is 67.4 cm³/mol. The molecular weight excluding hydrogens is 364 g/mol. The summed E-state index contributed by atoms with van der Waals surface area (Å²) in [6.07, 6.45) is 1.51. The first-order valence-corrected chi connectivity index (χ1v) is 6.10. The molecule has 16 heavy (non-hydrogen) atoms. The molecule has 0 radical (unpaired) electrons. The average molecular weight is 370 g/mol. The van der Waals surface area contributed by atoms with Crippen molar-refractivity contribution >= 4 is 54.1 Å². The summed E-state index contributed by atoms with van der Waals surface area (Å²) in [6, 6.07) is 4.03. The molecule has 0 saturated heterocycles. The first-order chi connectivity index (χ1) is 6.97. The third-order valence-electron chi connectivity index (χ3n) is 1.78. The summed E-state index contributed by atoms with van der Waals surface area (Å²) in [4.78, 5) is 7.85. The molecule has 1 aromatic heterocycles. The number of hydrogen-bond donors (Lipinski definition) is 1. The van der Waals surface area contributed by atoms with Gasteiger partial charge in [0.15, 0.2) is 0 Å². The zero-order valence-corrected chi connectivity index (χ0v) is 11.8. The SMILES string of the molecule is Br.O=S(=O)(O)c1ccc2ncc(Br)nc2c1. The van der Waals surface area contributed by atoms with Gasteiger partial charge in [0.05, 0.1) is 22.1 Å². The molecule has 2 rings (SSSR count). The molecule has 8 heteroatoms. The monoisotopic (exact) mass is 368 g/mol. The van der Waals surface area contributed by atoms with E-state index in [1.807, 2.05) is 0 Å². The van der Waals surface area contributed by atoms with Crippen molar-refractivity contribution in [1.29, 1.82) is 0 Å². The molecule has 2 aromatic rings. The molecule has 0 saturated carbocycles. The summed E-state index contributed by atoms with van der Waals surface area (Å²) < 4.78 is 31.0. The molecule has 1 N–H and O–H groups in total. The van der Waals surface area contributed by atoms with Crippen LogP contribution in [0, 0.1) is 0 Å². The Bertz CT molecular complexity index is 630. The summed E-state index contributed by atoms with van der Waals surface area (Å²) in [7, 11) is -4.19. The van der Waals surface area contributed by atoms with Crippen molar-refractivity contribution in [2.45, 2.75) is 4.90 Å². The standard InChI is InChI=1S/C8H5BrN2O3S.BrH/c9-8-4-10-6-2-1-5(15(12,13)14)3-7(6)11-8;/h1-4H,(H,12,13,14);1H. The first kappa shape index (κ1) is 13.5. The maximum Gasteiger partial charge on any atom is 0.294 e. The van der Waals surface area contributed by atoms with E-state index >= 15 is 0 Å². The third-order valence-corrected chi connectivity index (χ3v) is 3.01. The summed E-state index contributed by atoms with van der Waals surface area (Å²) in [5.74, 6) is 0. The van der Waals surface area contributed by atoms with Crippen LogP contribution in [0.25, 0.3) is 11.0 Å². The van der Waals surface area contributed by atoms with E-state index in [1.165, 1.54) is 24.4 Å². The second-order valence-corrected chi connectivity index (χ2v) is 5.05. The van der Waals surface area contributed by atoms with Crippen LogP contribution in [0.2, 0.25) is 0 Å². The number of benzene rings is 1. The lowest BCUT2D eigenvalue weighted by atomic mass is 10.3. The molecule has 0 atom stereocenters. The number of fused-ring (bicyclic) bond motifs is 1. The summed E-state index contributed by atoms with van der Waals surface area (Å²) in [5.41, 5.74) is 0.963. The highest BCUT2D eigenvalue weighted by Gasteiger charge is 2.10. The Morgan fingerprint density at radius 2 is 1.94 bits per heavy atom. The average Bonchev–Trinajstić information content (AvgIpc) is 2.15. The number of hydrogen-bond acceptors (Lipinski definition) is 4. The van der Waals surface area contributed by atoms with Crippen LogP contribution in [0.4, 0.5) is 0 Å². The Hall–Kier alpha value is -0.570. The highest BCUT2D eigenvalue weighted by Crippen LogP contribution is 2.17. The van der Waals surface area contributed by atoms with Gasteiger partial charge in [0.1, 0.15) is 4.60 Å². The normalized spacial score (nSPS) is 11.1. The molecule has 5 nitrogen and oxygen atoms in total. The summed E-state index contributed by atoms with van der Waals surface area (Å²) in [6.45, 7) is 0. The smallest absolute Gasteiger partial charge is 0.282 e. The van der Waals surface area contributed by atoms with Gasteiger partial charge < -0.3 is 0 Å². The van der Waals surface area contributed by atoms with Crippen molar-refractivity contribution in [3.05, 3.63) is 29.0 Å². The van der Waals surface area contributed by atoms with Gasteiger partial charge in [-0.15, -0.1) is 17.0 Å². The van der Waals surface area contributed by atoms with Crippen LogP contribution in [-0.2, 0) is 10.1 Å². The fourth-order valence-electron chi connectivity index (χ4n) is 1.13. The zero-order valence-electron chi connectivity index (χ0n) is 7.66. The topological polar surface area (TPSA) is 80.2 Å². The van der Waals surface area contributed by atoms with E-state index in [1.54, 1.807) is 0 Å². The van der Waals surface area contributed by atoms with Gasteiger partial charge in [-0.2, -0.15) is 8.42 Å². The predicted octanol–water partition coefficient (Wildman–Crippen LogP) is 2.22. The van der Waals surface area contributed by atoms with Gasteiger partial charge in [-0.3, -0.25) is 9.54 Å². The second-order valence-electron chi connectivity index (χ2n) is 2.82. The molecule has 0 aliphatic rings. The molecule has 86 valence electrons. The maximum absolute atomic E-state index is 10.9. The van der Waals surface area contributed by atoms with Crippen LogP contribution in [0.5, 0.6) is 0 Å². The molecule has 0 fully saturated rings. The summed E-state index contributed by atoms with van der Waals surface area (Å²) >= 11 is 3.12. The van der Waals surface area contributed by atoms with E-state index in [0.29, 0.717) is 15.6 Å². The minimum Gasteiger partial charge on any atom is -0.282 e. The molecule has 0 spiro atoms. The van der Waals surface area contributed by atoms with Crippen LogP contribution >= 0.6 is 32.9 Å². The fourth-order valence-corrected chi connectivity index (χ4v) is 1.92. The van der Waals surface area contributed by atoms with Crippen molar-refractivity contribution in [2.75, 3.05) is 0 Å². The molecule has 0 bridgehead atoms. The van der Waals surface area contributed by atoms with Crippen molar-refractivity contribution in [1.82, 2.24) is 9.97 Å². The third kappa shape index (κ3) is 2.76. The Kier molecular flexibility index (Phi) is 4.00. The molecule has 1 heterocycles. The van der Waals surface area contributed by atoms with E-state index in [9.17, 15) is 8.42 Å². The number of nitrogens with zero attached hydrogens (tertiary/aromatic N) is 2. The van der Waals surface area contributed by atoms with Crippen LogP contribution in [0.15, 0.2) is 33.9 Å². The van der Waals surface area contributed by atoms with Crippen molar-refractivity contribution in [3.63, 3.8) is 0 Å². The first-order valence-electron chi connectivity index (χ1n) is 3.86.